The van der Waals surface area contributed by atoms with E-state index in [9.17, 15) is 13.2 Å². The Morgan fingerprint density at radius 3 is 2.41 bits per heavy atom. The molecule has 0 bridgehead atoms. The highest BCUT2D eigenvalue weighted by atomic mass is 35.5. The molecule has 1 fully saturated rings. The quantitative estimate of drug-likeness (QED) is 0.896. The van der Waals surface area contributed by atoms with Crippen molar-refractivity contribution in [2.45, 2.75) is 18.8 Å². The maximum atomic E-state index is 12.0. The van der Waals surface area contributed by atoms with Gasteiger partial charge in [0.15, 0.2) is 0 Å². The van der Waals surface area contributed by atoms with Gasteiger partial charge in [0, 0.05) is 6.04 Å². The fourth-order valence-corrected chi connectivity index (χ4v) is 1.74. The number of ether oxygens (including phenoxy) is 1. The largest absolute Gasteiger partial charge is 0.573 e. The van der Waals surface area contributed by atoms with Crippen LogP contribution in [0.1, 0.15) is 18.0 Å². The number of halogens is 5. The molecule has 1 aromatic rings. The van der Waals surface area contributed by atoms with Crippen molar-refractivity contribution in [2.75, 3.05) is 6.54 Å². The molecule has 0 spiro atoms. The monoisotopic (exact) mass is 287 g/mol. The molecule has 1 heterocycles. The Balaban J connectivity index is 0.00000144. The molecular weight excluding hydrogens is 278 g/mol. The van der Waals surface area contributed by atoms with E-state index >= 15 is 0 Å². The van der Waals surface area contributed by atoms with Gasteiger partial charge in [-0.2, -0.15) is 0 Å². The molecule has 2 rings (SSSR count). The van der Waals surface area contributed by atoms with Crippen LogP contribution in [0.15, 0.2) is 18.2 Å². The standard InChI is InChI=1S/C10H9ClF3NO.ClH/c11-7-5-6(8-3-4-15-8)1-2-9(7)16-10(12,13)14;/h1-2,5,8,15H,3-4H2;1H/t8-;/m1./s1. The number of hydrogen-bond acceptors (Lipinski definition) is 2. The molecule has 0 amide bonds. The number of rotatable bonds is 2. The average molecular weight is 288 g/mol. The van der Waals surface area contributed by atoms with Crippen LogP contribution in [0.25, 0.3) is 0 Å². The van der Waals surface area contributed by atoms with Gasteiger partial charge in [-0.25, -0.2) is 0 Å². The minimum atomic E-state index is -4.71. The number of benzene rings is 1. The van der Waals surface area contributed by atoms with Crippen LogP contribution in [0.3, 0.4) is 0 Å². The maximum Gasteiger partial charge on any atom is 0.573 e. The second kappa shape index (κ2) is 5.33. The van der Waals surface area contributed by atoms with E-state index in [1.807, 2.05) is 0 Å². The first-order valence-electron chi connectivity index (χ1n) is 4.74. The van der Waals surface area contributed by atoms with E-state index in [1.165, 1.54) is 12.1 Å². The molecule has 0 unspecified atom stereocenters. The van der Waals surface area contributed by atoms with Crippen molar-refractivity contribution >= 4 is 24.0 Å². The van der Waals surface area contributed by atoms with Crippen molar-refractivity contribution in [1.82, 2.24) is 5.32 Å². The van der Waals surface area contributed by atoms with Crippen molar-refractivity contribution in [1.29, 1.82) is 0 Å². The lowest BCUT2D eigenvalue weighted by Gasteiger charge is -2.28. The third kappa shape index (κ3) is 3.66. The summed E-state index contributed by atoms with van der Waals surface area (Å²) in [7, 11) is 0. The summed E-state index contributed by atoms with van der Waals surface area (Å²) in [6, 6.07) is 4.52. The highest BCUT2D eigenvalue weighted by molar-refractivity contribution is 6.32. The van der Waals surface area contributed by atoms with E-state index in [0.29, 0.717) is 0 Å². The molecule has 0 radical (unpaired) electrons. The first kappa shape index (κ1) is 14.4. The number of nitrogens with one attached hydrogen (secondary N) is 1. The normalized spacial score (nSPS) is 19.2. The Hall–Kier alpha value is -0.650. The van der Waals surface area contributed by atoms with Crippen LogP contribution in [0, 0.1) is 0 Å². The van der Waals surface area contributed by atoms with Gasteiger partial charge >= 0.3 is 6.36 Å². The third-order valence-electron chi connectivity index (χ3n) is 2.41. The zero-order chi connectivity index (χ0) is 11.8. The van der Waals surface area contributed by atoms with Crippen LogP contribution >= 0.6 is 24.0 Å². The van der Waals surface area contributed by atoms with E-state index < -0.39 is 6.36 Å². The van der Waals surface area contributed by atoms with Crippen LogP contribution in [-0.2, 0) is 0 Å². The van der Waals surface area contributed by atoms with Gasteiger partial charge in [-0.3, -0.25) is 0 Å². The van der Waals surface area contributed by atoms with Crippen molar-refractivity contribution in [3.05, 3.63) is 28.8 Å². The van der Waals surface area contributed by atoms with Gasteiger partial charge in [-0.15, -0.1) is 25.6 Å². The molecule has 1 N–H and O–H groups in total. The molecule has 96 valence electrons. The second-order valence-corrected chi connectivity index (χ2v) is 3.94. The van der Waals surface area contributed by atoms with Crippen LogP contribution in [0.4, 0.5) is 13.2 Å². The SMILES string of the molecule is Cl.FC(F)(F)Oc1ccc([C@H]2CCN2)cc1Cl. The first-order valence-corrected chi connectivity index (χ1v) is 5.12. The Bertz CT molecular complexity index is 394. The molecule has 1 aliphatic rings. The number of hydrogen-bond donors (Lipinski definition) is 1. The fraction of sp³-hybridized carbons (Fsp3) is 0.400. The molecule has 2 nitrogen and oxygen atoms in total. The van der Waals surface area contributed by atoms with Crippen molar-refractivity contribution in [2.24, 2.45) is 0 Å². The van der Waals surface area contributed by atoms with Crippen molar-refractivity contribution in [3.63, 3.8) is 0 Å². The zero-order valence-corrected chi connectivity index (χ0v) is 10.1. The molecule has 17 heavy (non-hydrogen) atoms. The summed E-state index contributed by atoms with van der Waals surface area (Å²) in [6.07, 6.45) is -3.74. The van der Waals surface area contributed by atoms with Gasteiger partial charge in [-0.05, 0) is 30.7 Å². The van der Waals surface area contributed by atoms with Crippen LogP contribution < -0.4 is 10.1 Å². The minimum Gasteiger partial charge on any atom is -0.404 e. The number of alkyl halides is 3. The van der Waals surface area contributed by atoms with Crippen LogP contribution in [-0.4, -0.2) is 12.9 Å². The van der Waals surface area contributed by atoms with E-state index in [1.54, 1.807) is 6.07 Å². The highest BCUT2D eigenvalue weighted by Crippen LogP contribution is 2.33. The summed E-state index contributed by atoms with van der Waals surface area (Å²) in [4.78, 5) is 0. The summed E-state index contributed by atoms with van der Waals surface area (Å²) < 4.78 is 39.7. The predicted octanol–water partition coefficient (Wildman–Crippen LogP) is 3.69. The topological polar surface area (TPSA) is 21.3 Å². The van der Waals surface area contributed by atoms with Crippen LogP contribution in [0.2, 0.25) is 5.02 Å². The molecule has 1 saturated heterocycles. The molecule has 0 aliphatic carbocycles. The zero-order valence-electron chi connectivity index (χ0n) is 8.55. The van der Waals surface area contributed by atoms with Crippen LogP contribution in [0.5, 0.6) is 5.75 Å². The van der Waals surface area contributed by atoms with Gasteiger partial charge < -0.3 is 10.1 Å². The molecule has 7 heteroatoms. The Morgan fingerprint density at radius 2 is 2.00 bits per heavy atom. The molecule has 0 aromatic heterocycles. The molecular formula is C10H10Cl2F3NO. The second-order valence-electron chi connectivity index (χ2n) is 3.53. The first-order chi connectivity index (χ1) is 7.46. The summed E-state index contributed by atoms with van der Waals surface area (Å²) >= 11 is 5.71. The lowest BCUT2D eigenvalue weighted by molar-refractivity contribution is -0.274. The van der Waals surface area contributed by atoms with E-state index in [-0.39, 0.29) is 29.2 Å². The molecule has 1 aromatic carbocycles. The Morgan fingerprint density at radius 1 is 1.35 bits per heavy atom. The predicted molar refractivity (Wildman–Crippen MR) is 60.7 cm³/mol. The lowest BCUT2D eigenvalue weighted by atomic mass is 9.98. The lowest BCUT2D eigenvalue weighted by Crippen LogP contribution is -2.34. The summed E-state index contributed by atoms with van der Waals surface area (Å²) in [5.41, 5.74) is 0.880. The van der Waals surface area contributed by atoms with Gasteiger partial charge in [0.25, 0.3) is 0 Å². The van der Waals surface area contributed by atoms with Crippen molar-refractivity contribution in [3.8, 4) is 5.75 Å². The average Bonchev–Trinajstić information content (AvgIpc) is 2.04. The highest BCUT2D eigenvalue weighted by Gasteiger charge is 2.32. The Labute approximate surface area is 108 Å². The van der Waals surface area contributed by atoms with E-state index in [0.717, 1.165) is 18.5 Å². The Kier molecular flexibility index (Phi) is 4.52. The van der Waals surface area contributed by atoms with E-state index in [2.05, 4.69) is 10.1 Å². The van der Waals surface area contributed by atoms with Crippen molar-refractivity contribution < 1.29 is 17.9 Å². The summed E-state index contributed by atoms with van der Waals surface area (Å²) in [5, 5.41) is 3.11. The fourth-order valence-electron chi connectivity index (χ4n) is 1.51. The van der Waals surface area contributed by atoms with Gasteiger partial charge in [0.1, 0.15) is 5.75 Å². The van der Waals surface area contributed by atoms with E-state index in [4.69, 9.17) is 11.6 Å². The van der Waals surface area contributed by atoms with Gasteiger partial charge in [0.2, 0.25) is 0 Å². The minimum absolute atomic E-state index is 0. The smallest absolute Gasteiger partial charge is 0.404 e. The third-order valence-corrected chi connectivity index (χ3v) is 2.70. The molecule has 1 atom stereocenters. The maximum absolute atomic E-state index is 12.0. The van der Waals surface area contributed by atoms with Gasteiger partial charge in [-0.1, -0.05) is 17.7 Å². The van der Waals surface area contributed by atoms with Gasteiger partial charge in [0.05, 0.1) is 5.02 Å². The molecule has 0 saturated carbocycles. The summed E-state index contributed by atoms with van der Waals surface area (Å²) in [6.45, 7) is 0.920. The summed E-state index contributed by atoms with van der Waals surface area (Å²) in [5.74, 6) is -0.364. The molecule has 1 aliphatic heterocycles.